The zero-order valence-electron chi connectivity index (χ0n) is 14.2. The van der Waals surface area contributed by atoms with Crippen molar-refractivity contribution in [2.45, 2.75) is 0 Å². The number of para-hydroxylation sites is 2. The lowest BCUT2D eigenvalue weighted by Crippen LogP contribution is -2.17. The summed E-state index contributed by atoms with van der Waals surface area (Å²) in [5.74, 6) is 6.16. The maximum absolute atomic E-state index is 13.3. The van der Waals surface area contributed by atoms with E-state index in [2.05, 4.69) is 20.5 Å². The minimum absolute atomic E-state index is 0.210. The van der Waals surface area contributed by atoms with E-state index in [1.54, 1.807) is 9.08 Å². The van der Waals surface area contributed by atoms with E-state index in [9.17, 15) is 4.79 Å². The van der Waals surface area contributed by atoms with E-state index in [0.717, 1.165) is 20.4 Å². The number of aromatic nitrogens is 5. The van der Waals surface area contributed by atoms with Crippen molar-refractivity contribution in [2.75, 3.05) is 5.43 Å². The predicted octanol–water partition coefficient (Wildman–Crippen LogP) is 3.14. The molecule has 10 heteroatoms. The van der Waals surface area contributed by atoms with Crippen molar-refractivity contribution in [1.82, 2.24) is 24.1 Å². The van der Waals surface area contributed by atoms with Crippen molar-refractivity contribution < 1.29 is 0 Å². The quantitative estimate of drug-likeness (QED) is 0.339. The molecule has 0 saturated heterocycles. The maximum atomic E-state index is 13.3. The summed E-state index contributed by atoms with van der Waals surface area (Å²) in [5.41, 5.74) is 4.43. The summed E-state index contributed by atoms with van der Waals surface area (Å²) in [6.07, 6.45) is 0. The fraction of sp³-hybridized carbons (Fsp3) is 0. The third kappa shape index (κ3) is 2.01. The van der Waals surface area contributed by atoms with Crippen molar-refractivity contribution in [3.63, 3.8) is 0 Å². The summed E-state index contributed by atoms with van der Waals surface area (Å²) in [4.78, 5) is 23.1. The molecule has 2 aromatic carbocycles. The van der Waals surface area contributed by atoms with E-state index >= 15 is 0 Å². The lowest BCUT2D eigenvalue weighted by molar-refractivity contribution is 0.882. The van der Waals surface area contributed by atoms with Crippen LogP contribution in [0.25, 0.3) is 41.6 Å². The number of hydrogen-bond donors (Lipinski definition) is 2. The van der Waals surface area contributed by atoms with E-state index in [4.69, 9.17) is 5.84 Å². The summed E-state index contributed by atoms with van der Waals surface area (Å²) in [5, 5.41) is 5.49. The molecule has 0 radical (unpaired) electrons. The SMILES string of the molecule is NNc1c2c(=O)n3c(nc2nn1-c1nc2ccccc2s1)sc1ccccc13. The van der Waals surface area contributed by atoms with Crippen molar-refractivity contribution in [1.29, 1.82) is 0 Å². The molecule has 0 aliphatic rings. The Morgan fingerprint density at radius 2 is 1.75 bits per heavy atom. The molecule has 0 fully saturated rings. The van der Waals surface area contributed by atoms with E-state index in [1.165, 1.54) is 22.7 Å². The molecule has 4 heterocycles. The van der Waals surface area contributed by atoms with Gasteiger partial charge in [-0.3, -0.25) is 9.20 Å². The molecule has 136 valence electrons. The third-order valence-electron chi connectivity index (χ3n) is 4.58. The predicted molar refractivity (Wildman–Crippen MR) is 112 cm³/mol. The Labute approximate surface area is 164 Å². The Morgan fingerprint density at radius 3 is 2.57 bits per heavy atom. The lowest BCUT2D eigenvalue weighted by atomic mass is 10.3. The molecule has 3 N–H and O–H groups in total. The average Bonchev–Trinajstić information content (AvgIpc) is 3.40. The number of hydrogen-bond acceptors (Lipinski definition) is 8. The molecule has 0 unspecified atom stereocenters. The Bertz CT molecular complexity index is 1560. The van der Waals surface area contributed by atoms with Gasteiger partial charge in [-0.2, -0.15) is 9.67 Å². The van der Waals surface area contributed by atoms with Gasteiger partial charge >= 0.3 is 0 Å². The highest BCUT2D eigenvalue weighted by molar-refractivity contribution is 7.23. The first-order valence-electron chi connectivity index (χ1n) is 8.40. The molecule has 6 rings (SSSR count). The first kappa shape index (κ1) is 15.7. The van der Waals surface area contributed by atoms with Crippen LogP contribution in [0.5, 0.6) is 0 Å². The Balaban J connectivity index is 1.72. The number of nitrogens with two attached hydrogens (primary N) is 1. The van der Waals surface area contributed by atoms with Crippen LogP contribution in [0.2, 0.25) is 0 Å². The van der Waals surface area contributed by atoms with E-state index in [-0.39, 0.29) is 5.56 Å². The fourth-order valence-electron chi connectivity index (χ4n) is 3.35. The van der Waals surface area contributed by atoms with Gasteiger partial charge in [0.2, 0.25) is 5.13 Å². The van der Waals surface area contributed by atoms with Crippen molar-refractivity contribution >= 4 is 64.9 Å². The fourth-order valence-corrected chi connectivity index (χ4v) is 5.29. The monoisotopic (exact) mass is 405 g/mol. The van der Waals surface area contributed by atoms with Gasteiger partial charge in [-0.05, 0) is 24.3 Å². The second-order valence-electron chi connectivity index (χ2n) is 6.17. The number of hydrazine groups is 1. The Kier molecular flexibility index (Phi) is 3.13. The lowest BCUT2D eigenvalue weighted by Gasteiger charge is -2.02. The number of rotatable bonds is 2. The molecular weight excluding hydrogens is 394 g/mol. The van der Waals surface area contributed by atoms with Gasteiger partial charge in [0, 0.05) is 0 Å². The van der Waals surface area contributed by atoms with Crippen LogP contribution >= 0.6 is 22.7 Å². The largest absolute Gasteiger partial charge is 0.308 e. The molecule has 28 heavy (non-hydrogen) atoms. The number of anilines is 1. The smallest absolute Gasteiger partial charge is 0.272 e. The van der Waals surface area contributed by atoms with E-state index in [1.807, 2.05) is 48.5 Å². The number of benzene rings is 2. The van der Waals surface area contributed by atoms with Crippen LogP contribution in [-0.2, 0) is 0 Å². The topological polar surface area (TPSA) is 103 Å². The van der Waals surface area contributed by atoms with Crippen LogP contribution < -0.4 is 16.8 Å². The van der Waals surface area contributed by atoms with Crippen LogP contribution in [0.1, 0.15) is 0 Å². The highest BCUT2D eigenvalue weighted by Gasteiger charge is 2.21. The van der Waals surface area contributed by atoms with E-state index < -0.39 is 0 Å². The Morgan fingerprint density at radius 1 is 0.964 bits per heavy atom. The molecular formula is C18H11N7OS2. The van der Waals surface area contributed by atoms with Gasteiger partial charge in [0.15, 0.2) is 16.4 Å². The average molecular weight is 405 g/mol. The summed E-state index contributed by atoms with van der Waals surface area (Å²) in [7, 11) is 0. The molecule has 6 aromatic rings. The number of thiazole rings is 2. The van der Waals surface area contributed by atoms with Crippen molar-refractivity contribution in [2.24, 2.45) is 5.84 Å². The van der Waals surface area contributed by atoms with E-state index in [0.29, 0.717) is 26.9 Å². The molecule has 0 spiro atoms. The summed E-state index contributed by atoms with van der Waals surface area (Å²) >= 11 is 2.92. The number of nitrogens with one attached hydrogen (secondary N) is 1. The summed E-state index contributed by atoms with van der Waals surface area (Å²) in [6, 6.07) is 15.5. The van der Waals surface area contributed by atoms with Gasteiger partial charge in [-0.1, -0.05) is 46.9 Å². The van der Waals surface area contributed by atoms with Crippen molar-refractivity contribution in [3.8, 4) is 5.13 Å². The molecule has 8 nitrogen and oxygen atoms in total. The van der Waals surface area contributed by atoms with Gasteiger partial charge in [-0.15, -0.1) is 5.10 Å². The second-order valence-corrected chi connectivity index (χ2v) is 8.19. The van der Waals surface area contributed by atoms with Crippen LogP contribution in [0, 0.1) is 0 Å². The maximum Gasteiger partial charge on any atom is 0.272 e. The number of fused-ring (bicyclic) bond motifs is 5. The number of nitrogens with zero attached hydrogens (tertiary/aromatic N) is 5. The highest BCUT2D eigenvalue weighted by Crippen LogP contribution is 2.30. The zero-order valence-corrected chi connectivity index (χ0v) is 15.8. The summed E-state index contributed by atoms with van der Waals surface area (Å²) in [6.45, 7) is 0. The summed E-state index contributed by atoms with van der Waals surface area (Å²) < 4.78 is 5.17. The first-order valence-corrected chi connectivity index (χ1v) is 10.0. The van der Waals surface area contributed by atoms with Crippen molar-refractivity contribution in [3.05, 3.63) is 58.9 Å². The minimum atomic E-state index is -0.210. The number of nitrogen functional groups attached to an aromatic ring is 1. The minimum Gasteiger partial charge on any atom is -0.308 e. The molecule has 0 amide bonds. The standard InChI is InChI=1S/C18H11N7OS2/c19-22-15-13-14(23-25(15)18-20-9-5-1-3-7-11(9)27-18)21-17-24(16(13)26)10-6-2-4-8-12(10)28-17/h1-8,22H,19H2. The zero-order chi connectivity index (χ0) is 18.8. The molecule has 0 saturated carbocycles. The third-order valence-corrected chi connectivity index (χ3v) is 6.62. The molecule has 0 aliphatic heterocycles. The Hall–Kier alpha value is -3.34. The van der Waals surface area contributed by atoms with Crippen LogP contribution in [0.3, 0.4) is 0 Å². The highest BCUT2D eigenvalue weighted by atomic mass is 32.1. The van der Waals surface area contributed by atoms with Crippen LogP contribution in [-0.4, -0.2) is 24.1 Å². The second kappa shape index (κ2) is 5.58. The van der Waals surface area contributed by atoms with Crippen LogP contribution in [0.15, 0.2) is 53.3 Å². The molecule has 0 bridgehead atoms. The van der Waals surface area contributed by atoms with Gasteiger partial charge in [0.1, 0.15) is 5.39 Å². The molecule has 0 aliphatic carbocycles. The molecule has 0 atom stereocenters. The van der Waals surface area contributed by atoms with Gasteiger partial charge < -0.3 is 5.43 Å². The van der Waals surface area contributed by atoms with Gasteiger partial charge in [-0.25, -0.2) is 10.8 Å². The molecule has 4 aromatic heterocycles. The first-order chi connectivity index (χ1) is 13.7. The van der Waals surface area contributed by atoms with Crippen LogP contribution in [0.4, 0.5) is 5.82 Å². The van der Waals surface area contributed by atoms with Gasteiger partial charge in [0.05, 0.1) is 20.4 Å². The van der Waals surface area contributed by atoms with Gasteiger partial charge in [0.25, 0.3) is 5.56 Å². The normalized spacial score (nSPS) is 11.9.